The SMILES string of the molecule is O=C(NC(c1ccccc1)C1CC1)N(Cc1ccco1)Cc1cccs1. The van der Waals surface area contributed by atoms with E-state index in [0.717, 1.165) is 10.6 Å². The van der Waals surface area contributed by atoms with Gasteiger partial charge in [-0.05, 0) is 47.9 Å². The standard InChI is InChI=1S/C21H22N2O2S/c24-21(22-20(17-10-11-17)16-6-2-1-3-7-16)23(14-18-8-4-12-25-18)15-19-9-5-13-26-19/h1-9,12-13,17,20H,10-11,14-15H2,(H,22,24). The van der Waals surface area contributed by atoms with Crippen molar-refractivity contribution in [1.82, 2.24) is 10.2 Å². The quantitative estimate of drug-likeness (QED) is 0.624. The van der Waals surface area contributed by atoms with Crippen molar-refractivity contribution in [1.29, 1.82) is 0 Å². The minimum atomic E-state index is -0.0458. The van der Waals surface area contributed by atoms with Crippen LogP contribution < -0.4 is 5.32 Å². The first-order chi connectivity index (χ1) is 12.8. The summed E-state index contributed by atoms with van der Waals surface area (Å²) in [5, 5.41) is 5.31. The molecule has 1 unspecified atom stereocenters. The Hall–Kier alpha value is -2.53. The molecule has 1 saturated carbocycles. The molecule has 0 spiro atoms. The number of nitrogens with one attached hydrogen (secondary N) is 1. The molecule has 4 rings (SSSR count). The third-order valence-electron chi connectivity index (χ3n) is 4.67. The summed E-state index contributed by atoms with van der Waals surface area (Å²) in [6.45, 7) is 1.04. The van der Waals surface area contributed by atoms with Gasteiger partial charge in [0.1, 0.15) is 5.76 Å². The molecule has 26 heavy (non-hydrogen) atoms. The third kappa shape index (κ3) is 4.17. The molecule has 0 saturated heterocycles. The highest BCUT2D eigenvalue weighted by molar-refractivity contribution is 7.09. The molecule has 2 aromatic heterocycles. The van der Waals surface area contributed by atoms with E-state index >= 15 is 0 Å². The van der Waals surface area contributed by atoms with Crippen LogP contribution in [0, 0.1) is 5.92 Å². The molecule has 0 aliphatic heterocycles. The van der Waals surface area contributed by atoms with E-state index in [9.17, 15) is 4.79 Å². The fourth-order valence-corrected chi connectivity index (χ4v) is 3.89. The van der Waals surface area contributed by atoms with Crippen LogP contribution in [0.25, 0.3) is 0 Å². The van der Waals surface area contributed by atoms with Gasteiger partial charge >= 0.3 is 6.03 Å². The molecule has 1 N–H and O–H groups in total. The number of rotatable bonds is 7. The molecule has 0 bridgehead atoms. The van der Waals surface area contributed by atoms with Crippen molar-refractivity contribution < 1.29 is 9.21 Å². The zero-order valence-electron chi connectivity index (χ0n) is 14.5. The highest BCUT2D eigenvalue weighted by Gasteiger charge is 2.34. The second kappa shape index (κ2) is 7.79. The molecule has 2 heterocycles. The summed E-state index contributed by atoms with van der Waals surface area (Å²) in [6, 6.07) is 18.1. The zero-order valence-corrected chi connectivity index (χ0v) is 15.3. The number of urea groups is 1. The van der Waals surface area contributed by atoms with E-state index in [1.54, 1.807) is 17.6 Å². The highest BCUT2D eigenvalue weighted by atomic mass is 32.1. The average Bonchev–Trinajstić information content (AvgIpc) is 3.14. The summed E-state index contributed by atoms with van der Waals surface area (Å²) < 4.78 is 5.46. The van der Waals surface area contributed by atoms with E-state index in [4.69, 9.17) is 4.42 Å². The highest BCUT2D eigenvalue weighted by Crippen LogP contribution is 2.41. The number of benzene rings is 1. The van der Waals surface area contributed by atoms with Crippen molar-refractivity contribution >= 4 is 17.4 Å². The second-order valence-corrected chi connectivity index (χ2v) is 7.72. The maximum atomic E-state index is 13.1. The van der Waals surface area contributed by atoms with Crippen molar-refractivity contribution in [3.63, 3.8) is 0 Å². The van der Waals surface area contributed by atoms with Gasteiger partial charge < -0.3 is 14.6 Å². The first kappa shape index (κ1) is 16.9. The van der Waals surface area contributed by atoms with Gasteiger partial charge in [0, 0.05) is 4.88 Å². The van der Waals surface area contributed by atoms with Crippen molar-refractivity contribution in [2.24, 2.45) is 5.92 Å². The van der Waals surface area contributed by atoms with Gasteiger partial charge in [-0.3, -0.25) is 0 Å². The molecular formula is C21H22N2O2S. The maximum Gasteiger partial charge on any atom is 0.318 e. The molecule has 1 aliphatic carbocycles. The molecule has 0 radical (unpaired) electrons. The van der Waals surface area contributed by atoms with E-state index in [1.807, 2.05) is 46.7 Å². The summed E-state index contributed by atoms with van der Waals surface area (Å²) in [5.74, 6) is 1.33. The van der Waals surface area contributed by atoms with E-state index in [2.05, 4.69) is 23.5 Å². The Kier molecular flexibility index (Phi) is 5.07. The van der Waals surface area contributed by atoms with Gasteiger partial charge in [0.2, 0.25) is 0 Å². The average molecular weight is 366 g/mol. The van der Waals surface area contributed by atoms with Crippen LogP contribution in [0.5, 0.6) is 0 Å². The molecule has 4 nitrogen and oxygen atoms in total. The minimum absolute atomic E-state index is 0.0458. The topological polar surface area (TPSA) is 45.5 Å². The summed E-state index contributed by atoms with van der Waals surface area (Å²) in [6.07, 6.45) is 3.99. The Morgan fingerprint density at radius 1 is 1.12 bits per heavy atom. The lowest BCUT2D eigenvalue weighted by molar-refractivity contribution is 0.182. The van der Waals surface area contributed by atoms with Crippen LogP contribution in [0.2, 0.25) is 0 Å². The Bertz CT molecular complexity index is 775. The van der Waals surface area contributed by atoms with Crippen LogP contribution in [0.1, 0.15) is 35.1 Å². The number of amides is 2. The summed E-state index contributed by atoms with van der Waals surface area (Å²) in [4.78, 5) is 16.1. The van der Waals surface area contributed by atoms with E-state index in [0.29, 0.717) is 19.0 Å². The second-order valence-electron chi connectivity index (χ2n) is 6.69. The summed E-state index contributed by atoms with van der Waals surface area (Å²) in [5.41, 5.74) is 1.18. The third-order valence-corrected chi connectivity index (χ3v) is 5.53. The van der Waals surface area contributed by atoms with E-state index < -0.39 is 0 Å². The molecule has 2 amide bonds. The van der Waals surface area contributed by atoms with E-state index in [1.165, 1.54) is 18.4 Å². The van der Waals surface area contributed by atoms with Crippen LogP contribution in [0.4, 0.5) is 4.79 Å². The predicted molar refractivity (Wildman–Crippen MR) is 103 cm³/mol. The molecule has 5 heteroatoms. The van der Waals surface area contributed by atoms with Gasteiger partial charge in [-0.15, -0.1) is 11.3 Å². The Morgan fingerprint density at radius 3 is 2.62 bits per heavy atom. The maximum absolute atomic E-state index is 13.1. The zero-order chi connectivity index (χ0) is 17.8. The van der Waals surface area contributed by atoms with Crippen LogP contribution in [-0.4, -0.2) is 10.9 Å². The Morgan fingerprint density at radius 2 is 1.96 bits per heavy atom. The first-order valence-corrected chi connectivity index (χ1v) is 9.83. The molecule has 1 aliphatic rings. The van der Waals surface area contributed by atoms with Crippen molar-refractivity contribution in [3.8, 4) is 0 Å². The number of furan rings is 1. The lowest BCUT2D eigenvalue weighted by Gasteiger charge is -2.26. The molecular weight excluding hydrogens is 344 g/mol. The fraction of sp³-hybridized carbons (Fsp3) is 0.286. The largest absolute Gasteiger partial charge is 0.467 e. The van der Waals surface area contributed by atoms with Gasteiger partial charge in [-0.2, -0.15) is 0 Å². The minimum Gasteiger partial charge on any atom is -0.467 e. The van der Waals surface area contributed by atoms with Gasteiger partial charge in [0.05, 0.1) is 25.4 Å². The van der Waals surface area contributed by atoms with Crippen molar-refractivity contribution in [3.05, 3.63) is 82.4 Å². The molecule has 3 aromatic rings. The van der Waals surface area contributed by atoms with Gasteiger partial charge in [-0.25, -0.2) is 4.79 Å². The lowest BCUT2D eigenvalue weighted by atomic mass is 10.0. The lowest BCUT2D eigenvalue weighted by Crippen LogP contribution is -2.41. The summed E-state index contributed by atoms with van der Waals surface area (Å²) in [7, 11) is 0. The Balaban J connectivity index is 1.51. The number of hydrogen-bond donors (Lipinski definition) is 1. The molecule has 134 valence electrons. The fourth-order valence-electron chi connectivity index (χ4n) is 3.17. The van der Waals surface area contributed by atoms with Crippen LogP contribution in [-0.2, 0) is 13.1 Å². The van der Waals surface area contributed by atoms with Gasteiger partial charge in [0.15, 0.2) is 0 Å². The van der Waals surface area contributed by atoms with Crippen molar-refractivity contribution in [2.75, 3.05) is 0 Å². The van der Waals surface area contributed by atoms with Crippen LogP contribution in [0.15, 0.2) is 70.7 Å². The normalized spacial score (nSPS) is 14.8. The summed E-state index contributed by atoms with van der Waals surface area (Å²) >= 11 is 1.66. The molecule has 1 aromatic carbocycles. The number of carbonyl (C=O) groups excluding carboxylic acids is 1. The molecule has 1 fully saturated rings. The molecule has 1 atom stereocenters. The van der Waals surface area contributed by atoms with Crippen LogP contribution in [0.3, 0.4) is 0 Å². The predicted octanol–water partition coefficient (Wildman–Crippen LogP) is 5.20. The van der Waals surface area contributed by atoms with Gasteiger partial charge in [0.25, 0.3) is 0 Å². The number of hydrogen-bond acceptors (Lipinski definition) is 3. The monoisotopic (exact) mass is 366 g/mol. The van der Waals surface area contributed by atoms with Crippen LogP contribution >= 0.6 is 11.3 Å². The number of carbonyl (C=O) groups is 1. The van der Waals surface area contributed by atoms with Gasteiger partial charge in [-0.1, -0.05) is 36.4 Å². The number of thiophene rings is 1. The Labute approximate surface area is 157 Å². The first-order valence-electron chi connectivity index (χ1n) is 8.95. The number of nitrogens with zero attached hydrogens (tertiary/aromatic N) is 1. The van der Waals surface area contributed by atoms with Crippen molar-refractivity contribution in [2.45, 2.75) is 32.0 Å². The van der Waals surface area contributed by atoms with E-state index in [-0.39, 0.29) is 12.1 Å². The smallest absolute Gasteiger partial charge is 0.318 e.